The van der Waals surface area contributed by atoms with Gasteiger partial charge in [0.15, 0.2) is 0 Å². The number of hydrazine groups is 1. The summed E-state index contributed by atoms with van der Waals surface area (Å²) in [5.74, 6) is 5.33. The van der Waals surface area contributed by atoms with Crippen LogP contribution in [0.3, 0.4) is 0 Å². The summed E-state index contributed by atoms with van der Waals surface area (Å²) in [6.07, 6.45) is 3.85. The van der Waals surface area contributed by atoms with E-state index in [1.807, 2.05) is 19.1 Å². The predicted octanol–water partition coefficient (Wildman–Crippen LogP) is 1.26. The zero-order chi connectivity index (χ0) is 13.2. The Kier molecular flexibility index (Phi) is 6.53. The van der Waals surface area contributed by atoms with E-state index in [2.05, 4.69) is 5.43 Å². The van der Waals surface area contributed by atoms with Crippen molar-refractivity contribution in [3.8, 4) is 5.75 Å². The van der Waals surface area contributed by atoms with Gasteiger partial charge in [-0.2, -0.15) is 0 Å². The molecule has 0 aliphatic rings. The predicted molar refractivity (Wildman–Crippen MR) is 69.2 cm³/mol. The van der Waals surface area contributed by atoms with Crippen molar-refractivity contribution in [3.05, 3.63) is 42.0 Å². The lowest BCUT2D eigenvalue weighted by Crippen LogP contribution is -2.29. The summed E-state index contributed by atoms with van der Waals surface area (Å²) in [6.45, 7) is 3.45. The van der Waals surface area contributed by atoms with E-state index in [9.17, 15) is 4.79 Å². The van der Waals surface area contributed by atoms with Crippen LogP contribution < -0.4 is 16.0 Å². The third kappa shape index (κ3) is 4.99. The van der Waals surface area contributed by atoms with Gasteiger partial charge >= 0.3 is 0 Å². The Morgan fingerprint density at radius 1 is 1.44 bits per heavy atom. The first-order chi connectivity index (χ1) is 8.77. The highest BCUT2D eigenvalue weighted by Crippen LogP contribution is 2.12. The minimum absolute atomic E-state index is 0.343. The van der Waals surface area contributed by atoms with E-state index >= 15 is 0 Å². The monoisotopic (exact) mass is 250 g/mol. The zero-order valence-electron chi connectivity index (χ0n) is 10.4. The molecule has 0 saturated heterocycles. The van der Waals surface area contributed by atoms with Crippen LogP contribution in [0.4, 0.5) is 0 Å². The summed E-state index contributed by atoms with van der Waals surface area (Å²) in [5.41, 5.74) is 2.53. The number of hydrogen-bond donors (Lipinski definition) is 2. The molecule has 1 aromatic carbocycles. The number of allylic oxidation sites excluding steroid dienone is 1. The van der Waals surface area contributed by atoms with Crippen molar-refractivity contribution >= 4 is 5.91 Å². The van der Waals surface area contributed by atoms with Gasteiger partial charge in [-0.05, 0) is 25.1 Å². The van der Waals surface area contributed by atoms with Gasteiger partial charge in [-0.3, -0.25) is 10.2 Å². The number of benzene rings is 1. The van der Waals surface area contributed by atoms with Crippen LogP contribution in [0.25, 0.3) is 0 Å². The Morgan fingerprint density at radius 3 is 3.00 bits per heavy atom. The summed E-state index contributed by atoms with van der Waals surface area (Å²) >= 11 is 0. The van der Waals surface area contributed by atoms with E-state index in [1.54, 1.807) is 24.3 Å². The average molecular weight is 250 g/mol. The first kappa shape index (κ1) is 14.2. The Balaban J connectivity index is 2.36. The van der Waals surface area contributed by atoms with Crippen molar-refractivity contribution < 1.29 is 14.3 Å². The number of nitrogens with one attached hydrogen (secondary N) is 1. The Hall–Kier alpha value is -1.85. The van der Waals surface area contributed by atoms with Crippen LogP contribution >= 0.6 is 0 Å². The summed E-state index contributed by atoms with van der Waals surface area (Å²) in [5, 5.41) is 0. The molecule has 0 atom stereocenters. The molecule has 0 radical (unpaired) electrons. The van der Waals surface area contributed by atoms with Crippen LogP contribution in [0.2, 0.25) is 0 Å². The molecule has 18 heavy (non-hydrogen) atoms. The normalized spacial score (nSPS) is 10.6. The number of carbonyl (C=O) groups is 1. The smallest absolute Gasteiger partial charge is 0.265 e. The van der Waals surface area contributed by atoms with E-state index in [0.29, 0.717) is 31.1 Å². The second-order valence-electron chi connectivity index (χ2n) is 3.49. The molecule has 0 saturated carbocycles. The third-order valence-corrected chi connectivity index (χ3v) is 2.17. The van der Waals surface area contributed by atoms with Crippen molar-refractivity contribution in [1.82, 2.24) is 5.43 Å². The molecule has 0 heterocycles. The minimum atomic E-state index is -0.343. The molecule has 98 valence electrons. The van der Waals surface area contributed by atoms with Crippen molar-refractivity contribution in [3.63, 3.8) is 0 Å². The van der Waals surface area contributed by atoms with E-state index in [-0.39, 0.29) is 5.91 Å². The Labute approximate surface area is 107 Å². The lowest BCUT2D eigenvalue weighted by Gasteiger charge is -2.07. The van der Waals surface area contributed by atoms with Gasteiger partial charge in [-0.15, -0.1) is 0 Å². The number of nitrogen functional groups attached to an aromatic ring is 1. The maximum Gasteiger partial charge on any atom is 0.265 e. The fraction of sp³-hybridized carbons (Fsp3) is 0.308. The zero-order valence-corrected chi connectivity index (χ0v) is 10.4. The molecule has 5 heteroatoms. The van der Waals surface area contributed by atoms with Crippen LogP contribution in [0.1, 0.15) is 17.3 Å². The molecule has 1 amide bonds. The second kappa shape index (κ2) is 8.27. The van der Waals surface area contributed by atoms with Crippen LogP contribution in [0, 0.1) is 0 Å². The molecule has 0 aliphatic heterocycles. The Bertz CT molecular complexity index is 405. The fourth-order valence-electron chi connectivity index (χ4n) is 1.28. The molecule has 0 aromatic heterocycles. The molecule has 0 bridgehead atoms. The lowest BCUT2D eigenvalue weighted by molar-refractivity contribution is 0.0952. The highest BCUT2D eigenvalue weighted by atomic mass is 16.5. The summed E-state index contributed by atoms with van der Waals surface area (Å²) in [6, 6.07) is 6.81. The van der Waals surface area contributed by atoms with E-state index < -0.39 is 0 Å². The minimum Gasteiger partial charge on any atom is -0.491 e. The van der Waals surface area contributed by atoms with Gasteiger partial charge in [-0.25, -0.2) is 5.84 Å². The van der Waals surface area contributed by atoms with Gasteiger partial charge in [-0.1, -0.05) is 18.2 Å². The SMILES string of the molecule is CC=CCOCCOc1cccc(C(=O)NN)c1. The topological polar surface area (TPSA) is 73.6 Å². The molecule has 0 fully saturated rings. The molecule has 3 N–H and O–H groups in total. The van der Waals surface area contributed by atoms with Gasteiger partial charge in [0.2, 0.25) is 0 Å². The molecular formula is C13H18N2O3. The summed E-state index contributed by atoms with van der Waals surface area (Å²) in [7, 11) is 0. The maximum atomic E-state index is 11.3. The van der Waals surface area contributed by atoms with Gasteiger partial charge in [0.1, 0.15) is 12.4 Å². The highest BCUT2D eigenvalue weighted by Gasteiger charge is 2.04. The maximum absolute atomic E-state index is 11.3. The standard InChI is InChI=1S/C13H18N2O3/c1-2-3-7-17-8-9-18-12-6-4-5-11(10-12)13(16)15-14/h2-6,10H,7-9,14H2,1H3,(H,15,16). The third-order valence-electron chi connectivity index (χ3n) is 2.17. The first-order valence-corrected chi connectivity index (χ1v) is 5.70. The second-order valence-corrected chi connectivity index (χ2v) is 3.49. The highest BCUT2D eigenvalue weighted by molar-refractivity contribution is 5.94. The number of carbonyl (C=O) groups excluding carboxylic acids is 1. The molecule has 5 nitrogen and oxygen atoms in total. The number of rotatable bonds is 7. The number of ether oxygens (including phenoxy) is 2. The van der Waals surface area contributed by atoms with Crippen LogP contribution in [0.5, 0.6) is 5.75 Å². The van der Waals surface area contributed by atoms with E-state index in [4.69, 9.17) is 15.3 Å². The fourth-order valence-corrected chi connectivity index (χ4v) is 1.28. The van der Waals surface area contributed by atoms with Crippen molar-refractivity contribution in [2.24, 2.45) is 5.84 Å². The van der Waals surface area contributed by atoms with Gasteiger partial charge in [0.25, 0.3) is 5.91 Å². The molecular weight excluding hydrogens is 232 g/mol. The molecule has 0 unspecified atom stereocenters. The molecule has 0 aliphatic carbocycles. The van der Waals surface area contributed by atoms with Crippen molar-refractivity contribution in [1.29, 1.82) is 0 Å². The number of amides is 1. The lowest BCUT2D eigenvalue weighted by atomic mass is 10.2. The quantitative estimate of drug-likeness (QED) is 0.251. The van der Waals surface area contributed by atoms with Crippen molar-refractivity contribution in [2.75, 3.05) is 19.8 Å². The van der Waals surface area contributed by atoms with E-state index in [0.717, 1.165) is 0 Å². The molecule has 1 aromatic rings. The van der Waals surface area contributed by atoms with Crippen LogP contribution in [-0.4, -0.2) is 25.7 Å². The summed E-state index contributed by atoms with van der Waals surface area (Å²) in [4.78, 5) is 11.3. The van der Waals surface area contributed by atoms with Gasteiger partial charge in [0.05, 0.1) is 13.2 Å². The number of hydrogen-bond acceptors (Lipinski definition) is 4. The number of nitrogens with two attached hydrogens (primary N) is 1. The van der Waals surface area contributed by atoms with Gasteiger partial charge < -0.3 is 9.47 Å². The average Bonchev–Trinajstić information content (AvgIpc) is 2.42. The van der Waals surface area contributed by atoms with Gasteiger partial charge in [0, 0.05) is 5.56 Å². The van der Waals surface area contributed by atoms with Crippen molar-refractivity contribution in [2.45, 2.75) is 6.92 Å². The largest absolute Gasteiger partial charge is 0.491 e. The van der Waals surface area contributed by atoms with E-state index in [1.165, 1.54) is 0 Å². The Morgan fingerprint density at radius 2 is 2.28 bits per heavy atom. The summed E-state index contributed by atoms with van der Waals surface area (Å²) < 4.78 is 10.7. The first-order valence-electron chi connectivity index (χ1n) is 5.70. The van der Waals surface area contributed by atoms with Crippen LogP contribution in [0.15, 0.2) is 36.4 Å². The molecule has 0 spiro atoms. The van der Waals surface area contributed by atoms with Crippen LogP contribution in [-0.2, 0) is 4.74 Å². The molecule has 1 rings (SSSR count).